The topological polar surface area (TPSA) is 43.4 Å². The molecular formula is C19H11F3O3S. The maximum atomic E-state index is 12.8. The summed E-state index contributed by atoms with van der Waals surface area (Å²) in [6.07, 6.45) is 0. The molecule has 0 aliphatic carbocycles. The molecule has 4 rings (SSSR count). The van der Waals surface area contributed by atoms with E-state index in [2.05, 4.69) is 4.18 Å². The molecule has 0 amide bonds. The lowest BCUT2D eigenvalue weighted by atomic mass is 9.96. The van der Waals surface area contributed by atoms with Crippen LogP contribution in [0.1, 0.15) is 0 Å². The lowest BCUT2D eigenvalue weighted by Crippen LogP contribution is -2.28. The molecule has 0 N–H and O–H groups in total. The van der Waals surface area contributed by atoms with E-state index in [1.807, 2.05) is 18.2 Å². The van der Waals surface area contributed by atoms with Gasteiger partial charge in [0, 0.05) is 5.39 Å². The average molecular weight is 376 g/mol. The summed E-state index contributed by atoms with van der Waals surface area (Å²) in [6.45, 7) is 0. The van der Waals surface area contributed by atoms with Gasteiger partial charge in [0.05, 0.1) is 0 Å². The SMILES string of the molecule is O=S(=O)(Oc1cc2ccccc2c2ccc3ccccc3c12)C(F)(F)F. The van der Waals surface area contributed by atoms with Crippen molar-refractivity contribution < 1.29 is 25.8 Å². The Morgan fingerprint density at radius 1 is 0.731 bits per heavy atom. The molecule has 0 aliphatic rings. The van der Waals surface area contributed by atoms with Crippen molar-refractivity contribution in [1.82, 2.24) is 0 Å². The Bertz CT molecular complexity index is 1260. The van der Waals surface area contributed by atoms with Gasteiger partial charge in [-0.1, -0.05) is 60.7 Å². The van der Waals surface area contributed by atoms with Crippen LogP contribution in [0.25, 0.3) is 32.3 Å². The van der Waals surface area contributed by atoms with E-state index in [1.54, 1.807) is 42.5 Å². The summed E-state index contributed by atoms with van der Waals surface area (Å²) in [5, 5.41) is 3.71. The van der Waals surface area contributed by atoms with Gasteiger partial charge in [-0.2, -0.15) is 21.6 Å². The summed E-state index contributed by atoms with van der Waals surface area (Å²) in [5.74, 6) is -0.340. The van der Waals surface area contributed by atoms with Gasteiger partial charge in [-0.15, -0.1) is 0 Å². The van der Waals surface area contributed by atoms with E-state index in [9.17, 15) is 21.6 Å². The summed E-state index contributed by atoms with van der Waals surface area (Å²) in [4.78, 5) is 0. The Morgan fingerprint density at radius 2 is 1.35 bits per heavy atom. The first-order chi connectivity index (χ1) is 12.3. The van der Waals surface area contributed by atoms with Gasteiger partial charge in [0.15, 0.2) is 5.75 Å². The van der Waals surface area contributed by atoms with Crippen molar-refractivity contribution in [2.45, 2.75) is 5.51 Å². The first-order valence-electron chi connectivity index (χ1n) is 7.62. The minimum absolute atomic E-state index is 0.328. The van der Waals surface area contributed by atoms with Crippen LogP contribution in [0.3, 0.4) is 0 Å². The number of hydrogen-bond donors (Lipinski definition) is 0. The highest BCUT2D eigenvalue weighted by Crippen LogP contribution is 2.40. The van der Waals surface area contributed by atoms with E-state index >= 15 is 0 Å². The van der Waals surface area contributed by atoms with E-state index in [4.69, 9.17) is 0 Å². The molecule has 7 heteroatoms. The van der Waals surface area contributed by atoms with Gasteiger partial charge in [0.1, 0.15) is 0 Å². The zero-order chi connectivity index (χ0) is 18.5. The predicted molar refractivity (Wildman–Crippen MR) is 94.6 cm³/mol. The highest BCUT2D eigenvalue weighted by molar-refractivity contribution is 7.88. The molecule has 0 aromatic heterocycles. The third-order valence-corrected chi connectivity index (χ3v) is 5.16. The van der Waals surface area contributed by atoms with Crippen LogP contribution in [-0.2, 0) is 10.1 Å². The Morgan fingerprint density at radius 3 is 2.04 bits per heavy atom. The fourth-order valence-corrected chi connectivity index (χ4v) is 3.54. The van der Waals surface area contributed by atoms with E-state index in [0.29, 0.717) is 21.5 Å². The molecule has 3 nitrogen and oxygen atoms in total. The minimum atomic E-state index is -5.78. The van der Waals surface area contributed by atoms with Crippen molar-refractivity contribution >= 4 is 42.4 Å². The summed E-state index contributed by atoms with van der Waals surface area (Å²) >= 11 is 0. The van der Waals surface area contributed by atoms with Crippen molar-refractivity contribution in [2.24, 2.45) is 0 Å². The largest absolute Gasteiger partial charge is 0.534 e. The first kappa shape index (κ1) is 16.7. The molecule has 0 spiro atoms. The summed E-state index contributed by atoms with van der Waals surface area (Å²) in [6, 6.07) is 19.0. The number of hydrogen-bond acceptors (Lipinski definition) is 3. The van der Waals surface area contributed by atoms with Crippen molar-refractivity contribution in [3.05, 3.63) is 66.7 Å². The van der Waals surface area contributed by atoms with Crippen molar-refractivity contribution in [2.75, 3.05) is 0 Å². The molecule has 0 aliphatic heterocycles. The molecule has 0 atom stereocenters. The lowest BCUT2D eigenvalue weighted by Gasteiger charge is -2.15. The zero-order valence-electron chi connectivity index (χ0n) is 13.1. The molecule has 0 bridgehead atoms. The number of rotatable bonds is 2. The maximum Gasteiger partial charge on any atom is 0.534 e. The highest BCUT2D eigenvalue weighted by atomic mass is 32.2. The van der Waals surface area contributed by atoms with Crippen LogP contribution in [0.4, 0.5) is 13.2 Å². The summed E-state index contributed by atoms with van der Waals surface area (Å²) in [5.41, 5.74) is -5.50. The molecule has 0 saturated carbocycles. The summed E-state index contributed by atoms with van der Waals surface area (Å²) in [7, 11) is -5.78. The molecule has 132 valence electrons. The molecule has 4 aromatic rings. The van der Waals surface area contributed by atoms with Gasteiger partial charge in [-0.25, -0.2) is 0 Å². The van der Waals surface area contributed by atoms with E-state index in [-0.39, 0.29) is 5.75 Å². The Balaban J connectivity index is 2.14. The number of benzene rings is 4. The predicted octanol–water partition coefficient (Wildman–Crippen LogP) is 5.37. The third-order valence-electron chi connectivity index (χ3n) is 4.20. The molecule has 0 heterocycles. The quantitative estimate of drug-likeness (QED) is 0.268. The molecule has 0 fully saturated rings. The second-order valence-electron chi connectivity index (χ2n) is 5.79. The minimum Gasteiger partial charge on any atom is -0.375 e. The van der Waals surface area contributed by atoms with Crippen LogP contribution in [0.5, 0.6) is 5.75 Å². The van der Waals surface area contributed by atoms with Gasteiger partial charge >= 0.3 is 15.6 Å². The highest BCUT2D eigenvalue weighted by Gasteiger charge is 2.48. The number of halogens is 3. The van der Waals surface area contributed by atoms with Gasteiger partial charge < -0.3 is 4.18 Å². The smallest absolute Gasteiger partial charge is 0.375 e. The average Bonchev–Trinajstić information content (AvgIpc) is 2.60. The number of alkyl halides is 3. The molecule has 0 radical (unpaired) electrons. The number of fused-ring (bicyclic) bond motifs is 5. The van der Waals surface area contributed by atoms with Crippen LogP contribution >= 0.6 is 0 Å². The van der Waals surface area contributed by atoms with Gasteiger partial charge in [0.25, 0.3) is 0 Å². The molecule has 4 aromatic carbocycles. The Labute approximate surface area is 146 Å². The van der Waals surface area contributed by atoms with Crippen LogP contribution in [0.2, 0.25) is 0 Å². The van der Waals surface area contributed by atoms with Crippen LogP contribution in [-0.4, -0.2) is 13.9 Å². The van der Waals surface area contributed by atoms with Crippen molar-refractivity contribution in [3.63, 3.8) is 0 Å². The van der Waals surface area contributed by atoms with Gasteiger partial charge in [-0.05, 0) is 33.0 Å². The van der Waals surface area contributed by atoms with Crippen LogP contribution in [0.15, 0.2) is 66.7 Å². The van der Waals surface area contributed by atoms with Crippen molar-refractivity contribution in [1.29, 1.82) is 0 Å². The molecule has 0 saturated heterocycles. The standard InChI is InChI=1S/C19H11F3O3S/c20-19(21,22)26(23,24)25-17-11-13-6-2-3-7-14(13)16-10-9-12-5-1-4-8-15(12)18(16)17/h1-11H. The fraction of sp³-hybridized carbons (Fsp3) is 0.0526. The van der Waals surface area contributed by atoms with E-state index < -0.39 is 15.6 Å². The third kappa shape index (κ3) is 2.55. The molecule has 26 heavy (non-hydrogen) atoms. The van der Waals surface area contributed by atoms with Crippen LogP contribution in [0, 0.1) is 0 Å². The fourth-order valence-electron chi connectivity index (χ4n) is 3.07. The van der Waals surface area contributed by atoms with E-state index in [1.165, 1.54) is 6.07 Å². The second kappa shape index (κ2) is 5.60. The summed E-state index contributed by atoms with van der Waals surface area (Å²) < 4.78 is 66.2. The van der Waals surface area contributed by atoms with Crippen molar-refractivity contribution in [3.8, 4) is 5.75 Å². The second-order valence-corrected chi connectivity index (χ2v) is 7.33. The normalized spacial score (nSPS) is 12.7. The molecular weight excluding hydrogens is 365 g/mol. The lowest BCUT2D eigenvalue weighted by molar-refractivity contribution is -0.0499. The van der Waals surface area contributed by atoms with Gasteiger partial charge in [0.2, 0.25) is 0 Å². The zero-order valence-corrected chi connectivity index (χ0v) is 13.9. The Kier molecular flexibility index (Phi) is 3.59. The maximum absolute atomic E-state index is 12.8. The monoisotopic (exact) mass is 376 g/mol. The van der Waals surface area contributed by atoms with E-state index in [0.717, 1.165) is 10.8 Å². The van der Waals surface area contributed by atoms with Gasteiger partial charge in [-0.3, -0.25) is 0 Å². The molecule has 0 unspecified atom stereocenters. The van der Waals surface area contributed by atoms with Crippen LogP contribution < -0.4 is 4.18 Å². The Hall–Kier alpha value is -2.80. The first-order valence-corrected chi connectivity index (χ1v) is 9.03.